The number of anilines is 2. The summed E-state index contributed by atoms with van der Waals surface area (Å²) in [4.78, 5) is 12.4. The maximum atomic E-state index is 12.7. The van der Waals surface area contributed by atoms with E-state index in [4.69, 9.17) is 21.1 Å². The molecule has 10 heteroatoms. The molecule has 7 nitrogen and oxygen atoms in total. The van der Waals surface area contributed by atoms with Crippen LogP contribution in [0.1, 0.15) is 18.1 Å². The minimum absolute atomic E-state index is 0.0387. The van der Waals surface area contributed by atoms with Gasteiger partial charge in [0, 0.05) is 15.8 Å². The number of halogens is 2. The Balaban J connectivity index is 1.66. The van der Waals surface area contributed by atoms with Gasteiger partial charge in [0.05, 0.1) is 17.0 Å². The van der Waals surface area contributed by atoms with Crippen molar-refractivity contribution in [1.82, 2.24) is 0 Å². The minimum atomic E-state index is -3.87. The fraction of sp³-hybridized carbons (Fsp3) is 0.208. The van der Waals surface area contributed by atoms with Crippen molar-refractivity contribution in [2.75, 3.05) is 23.8 Å². The summed E-state index contributed by atoms with van der Waals surface area (Å²) in [6.07, 6.45) is 0.753. The molecule has 0 aliphatic carbocycles. The van der Waals surface area contributed by atoms with Crippen LogP contribution < -0.4 is 19.5 Å². The second kappa shape index (κ2) is 11.1. The molecule has 0 aromatic heterocycles. The maximum Gasteiger partial charge on any atom is 0.262 e. The van der Waals surface area contributed by atoms with Crippen LogP contribution in [0, 0.1) is 6.92 Å². The molecule has 0 aliphatic rings. The number of hydrogen-bond donors (Lipinski definition) is 2. The van der Waals surface area contributed by atoms with Crippen LogP contribution in [0.3, 0.4) is 0 Å². The molecule has 1 amide bonds. The molecule has 3 aromatic carbocycles. The van der Waals surface area contributed by atoms with Gasteiger partial charge < -0.3 is 14.8 Å². The number of amides is 1. The van der Waals surface area contributed by atoms with Gasteiger partial charge in [-0.05, 0) is 79.1 Å². The zero-order valence-corrected chi connectivity index (χ0v) is 22.0. The molecule has 0 spiro atoms. The van der Waals surface area contributed by atoms with E-state index in [-0.39, 0.29) is 28.2 Å². The zero-order valence-electron chi connectivity index (χ0n) is 18.8. The fourth-order valence-corrected chi connectivity index (χ4v) is 5.23. The van der Waals surface area contributed by atoms with Crippen LogP contribution in [0.25, 0.3) is 0 Å². The summed E-state index contributed by atoms with van der Waals surface area (Å²) in [5, 5.41) is 2.94. The van der Waals surface area contributed by atoms with Crippen molar-refractivity contribution in [1.29, 1.82) is 0 Å². The summed E-state index contributed by atoms with van der Waals surface area (Å²) < 4.78 is 39.4. The summed E-state index contributed by atoms with van der Waals surface area (Å²) in [6.45, 7) is 3.64. The zero-order chi connectivity index (χ0) is 24.9. The minimum Gasteiger partial charge on any atom is -0.497 e. The van der Waals surface area contributed by atoms with Crippen molar-refractivity contribution in [2.24, 2.45) is 0 Å². The van der Waals surface area contributed by atoms with E-state index < -0.39 is 10.0 Å². The Morgan fingerprint density at radius 3 is 2.41 bits per heavy atom. The molecule has 0 fully saturated rings. The van der Waals surface area contributed by atoms with Crippen molar-refractivity contribution in [3.8, 4) is 11.5 Å². The van der Waals surface area contributed by atoms with E-state index in [1.807, 2.05) is 26.0 Å². The predicted molar refractivity (Wildman–Crippen MR) is 138 cm³/mol. The Bertz CT molecular complexity index is 1300. The first-order chi connectivity index (χ1) is 16.1. The molecule has 3 aromatic rings. The Labute approximate surface area is 212 Å². The van der Waals surface area contributed by atoms with E-state index in [1.165, 1.54) is 25.3 Å². The molecule has 0 heterocycles. The number of aryl methyl sites for hydroxylation is 2. The van der Waals surface area contributed by atoms with Gasteiger partial charge in [-0.15, -0.1) is 0 Å². The molecule has 0 bridgehead atoms. The third-order valence-electron chi connectivity index (χ3n) is 4.94. The van der Waals surface area contributed by atoms with Crippen molar-refractivity contribution < 1.29 is 22.7 Å². The summed E-state index contributed by atoms with van der Waals surface area (Å²) in [6, 6.07) is 14.4. The molecule has 0 saturated carbocycles. The van der Waals surface area contributed by atoms with E-state index in [9.17, 15) is 13.2 Å². The molecule has 0 saturated heterocycles. The number of methoxy groups -OCH3 is 1. The molecule has 0 unspecified atom stereocenters. The Kier molecular flexibility index (Phi) is 8.46. The van der Waals surface area contributed by atoms with E-state index in [1.54, 1.807) is 24.3 Å². The first-order valence-corrected chi connectivity index (χ1v) is 13.0. The fourth-order valence-electron chi connectivity index (χ4n) is 3.23. The molecule has 0 atom stereocenters. The monoisotopic (exact) mass is 566 g/mol. The largest absolute Gasteiger partial charge is 0.497 e. The van der Waals surface area contributed by atoms with Gasteiger partial charge in [-0.3, -0.25) is 9.52 Å². The second-order valence-electron chi connectivity index (χ2n) is 7.37. The third-order valence-corrected chi connectivity index (χ3v) is 7.07. The van der Waals surface area contributed by atoms with Crippen molar-refractivity contribution in [2.45, 2.75) is 25.2 Å². The van der Waals surface area contributed by atoms with Crippen LogP contribution in [-0.2, 0) is 21.2 Å². The van der Waals surface area contributed by atoms with Crippen LogP contribution in [0.15, 0.2) is 64.0 Å². The number of carbonyl (C=O) groups excluding carboxylic acids is 1. The van der Waals surface area contributed by atoms with Crippen LogP contribution in [-0.4, -0.2) is 28.0 Å². The lowest BCUT2D eigenvalue weighted by atomic mass is 10.1. The Hall–Kier alpha value is -2.75. The highest BCUT2D eigenvalue weighted by atomic mass is 79.9. The van der Waals surface area contributed by atoms with E-state index in [2.05, 4.69) is 26.0 Å². The lowest BCUT2D eigenvalue weighted by Crippen LogP contribution is -2.21. The first-order valence-electron chi connectivity index (χ1n) is 10.3. The van der Waals surface area contributed by atoms with Gasteiger partial charge in [0.15, 0.2) is 6.61 Å². The predicted octanol–water partition coefficient (Wildman–Crippen LogP) is 5.80. The van der Waals surface area contributed by atoms with Crippen molar-refractivity contribution in [3.63, 3.8) is 0 Å². The molecule has 34 heavy (non-hydrogen) atoms. The number of benzene rings is 3. The van der Waals surface area contributed by atoms with Crippen molar-refractivity contribution >= 4 is 54.8 Å². The number of ether oxygens (including phenoxy) is 2. The number of carbonyl (C=O) groups is 1. The molecule has 0 radical (unpaired) electrons. The highest BCUT2D eigenvalue weighted by Crippen LogP contribution is 2.29. The SMILES string of the molecule is CCc1cc(Br)cc(C)c1NC(=O)COc1ccc(S(=O)(=O)Nc2ccc(OC)cc2)cc1Cl. The smallest absolute Gasteiger partial charge is 0.262 e. The van der Waals surface area contributed by atoms with Gasteiger partial charge >= 0.3 is 0 Å². The lowest BCUT2D eigenvalue weighted by molar-refractivity contribution is -0.118. The summed E-state index contributed by atoms with van der Waals surface area (Å²) in [7, 11) is -2.35. The third kappa shape index (κ3) is 6.43. The number of sulfonamides is 1. The Morgan fingerprint density at radius 2 is 1.79 bits per heavy atom. The van der Waals surface area contributed by atoms with Crippen LogP contribution >= 0.6 is 27.5 Å². The maximum absolute atomic E-state index is 12.7. The van der Waals surface area contributed by atoms with Gasteiger partial charge in [-0.2, -0.15) is 0 Å². The number of hydrogen-bond acceptors (Lipinski definition) is 5. The summed E-state index contributed by atoms with van der Waals surface area (Å²) >= 11 is 9.70. The second-order valence-corrected chi connectivity index (χ2v) is 10.4. The van der Waals surface area contributed by atoms with Crippen LogP contribution in [0.5, 0.6) is 11.5 Å². The number of rotatable bonds is 9. The normalized spacial score (nSPS) is 11.1. The quantitative estimate of drug-likeness (QED) is 0.341. The first kappa shape index (κ1) is 25.9. The number of nitrogens with one attached hydrogen (secondary N) is 2. The average molecular weight is 568 g/mol. The molecular formula is C24H24BrClN2O5S. The lowest BCUT2D eigenvalue weighted by Gasteiger charge is -2.15. The van der Waals surface area contributed by atoms with Gasteiger partial charge in [0.25, 0.3) is 15.9 Å². The standard InChI is InChI=1S/C24H24BrClN2O5S/c1-4-16-12-17(25)11-15(2)24(16)27-23(29)14-33-22-10-9-20(13-21(22)26)34(30,31)28-18-5-7-19(32-3)8-6-18/h5-13,28H,4,14H2,1-3H3,(H,27,29). The summed E-state index contributed by atoms with van der Waals surface area (Å²) in [5.41, 5.74) is 3.05. The highest BCUT2D eigenvalue weighted by Gasteiger charge is 2.17. The molecule has 0 aliphatic heterocycles. The highest BCUT2D eigenvalue weighted by molar-refractivity contribution is 9.10. The van der Waals surface area contributed by atoms with Gasteiger partial charge in [-0.25, -0.2) is 8.42 Å². The molecular weight excluding hydrogens is 544 g/mol. The van der Waals surface area contributed by atoms with Gasteiger partial charge in [0.1, 0.15) is 11.5 Å². The molecule has 180 valence electrons. The average Bonchev–Trinajstić information content (AvgIpc) is 2.80. The molecule has 3 rings (SSSR count). The Morgan fingerprint density at radius 1 is 1.09 bits per heavy atom. The van der Waals surface area contributed by atoms with Crippen LogP contribution in [0.2, 0.25) is 5.02 Å². The van der Waals surface area contributed by atoms with Crippen molar-refractivity contribution in [3.05, 3.63) is 75.2 Å². The van der Waals surface area contributed by atoms with E-state index >= 15 is 0 Å². The topological polar surface area (TPSA) is 93.7 Å². The summed E-state index contributed by atoms with van der Waals surface area (Å²) in [5.74, 6) is 0.454. The van der Waals surface area contributed by atoms with E-state index in [0.29, 0.717) is 11.4 Å². The van der Waals surface area contributed by atoms with E-state index in [0.717, 1.165) is 27.7 Å². The van der Waals surface area contributed by atoms with Gasteiger partial charge in [0.2, 0.25) is 0 Å². The molecule has 2 N–H and O–H groups in total. The van der Waals surface area contributed by atoms with Gasteiger partial charge in [-0.1, -0.05) is 34.5 Å². The van der Waals surface area contributed by atoms with Crippen LogP contribution in [0.4, 0.5) is 11.4 Å².